The molecular weight excluding hydrogens is 268 g/mol. The summed E-state index contributed by atoms with van der Waals surface area (Å²) in [4.78, 5) is 23.0. The van der Waals surface area contributed by atoms with Gasteiger partial charge >= 0.3 is 11.9 Å². The third-order valence-electron chi connectivity index (χ3n) is 2.84. The predicted molar refractivity (Wildman–Crippen MR) is 78.0 cm³/mol. The number of carbonyl (C=O) groups is 2. The first-order chi connectivity index (χ1) is 10.1. The first-order valence-electron chi connectivity index (χ1n) is 6.56. The molecule has 0 heterocycles. The van der Waals surface area contributed by atoms with Crippen LogP contribution < -0.4 is 4.74 Å². The number of benzene rings is 2. The third-order valence-corrected chi connectivity index (χ3v) is 2.84. The van der Waals surface area contributed by atoms with Gasteiger partial charge in [-0.3, -0.25) is 4.79 Å². The normalized spacial score (nSPS) is 10.0. The Bertz CT molecular complexity index is 647. The number of aryl methyl sites for hydroxylation is 1. The van der Waals surface area contributed by atoms with Crippen LogP contribution in [0.4, 0.5) is 0 Å². The summed E-state index contributed by atoms with van der Waals surface area (Å²) in [7, 11) is 0. The molecule has 0 fully saturated rings. The van der Waals surface area contributed by atoms with Crippen LogP contribution in [-0.4, -0.2) is 11.9 Å². The highest BCUT2D eigenvalue weighted by atomic mass is 16.5. The Morgan fingerprint density at radius 1 is 1.05 bits per heavy atom. The highest BCUT2D eigenvalue weighted by Crippen LogP contribution is 2.22. The smallest absolute Gasteiger partial charge is 0.338 e. The Kier molecular flexibility index (Phi) is 4.72. The quantitative estimate of drug-likeness (QED) is 0.638. The van der Waals surface area contributed by atoms with Gasteiger partial charge in [0, 0.05) is 12.5 Å². The molecule has 0 bridgehead atoms. The molecule has 0 N–H and O–H groups in total. The zero-order valence-corrected chi connectivity index (χ0v) is 12.0. The maximum atomic E-state index is 11.9. The van der Waals surface area contributed by atoms with Crippen molar-refractivity contribution in [3.05, 3.63) is 65.2 Å². The highest BCUT2D eigenvalue weighted by Gasteiger charge is 2.11. The first kappa shape index (κ1) is 14.8. The van der Waals surface area contributed by atoms with E-state index in [9.17, 15) is 9.59 Å². The molecule has 0 aliphatic rings. The Labute approximate surface area is 123 Å². The van der Waals surface area contributed by atoms with Crippen LogP contribution in [0.15, 0.2) is 48.5 Å². The Morgan fingerprint density at radius 2 is 1.76 bits per heavy atom. The zero-order valence-electron chi connectivity index (χ0n) is 12.0. The van der Waals surface area contributed by atoms with Gasteiger partial charge in [0.1, 0.15) is 12.4 Å². The monoisotopic (exact) mass is 284 g/mol. The summed E-state index contributed by atoms with van der Waals surface area (Å²) in [5.74, 6) is -0.399. The van der Waals surface area contributed by atoms with E-state index in [0.29, 0.717) is 16.9 Å². The van der Waals surface area contributed by atoms with Crippen molar-refractivity contribution in [1.29, 1.82) is 0 Å². The first-order valence-corrected chi connectivity index (χ1v) is 6.56. The molecule has 0 radical (unpaired) electrons. The van der Waals surface area contributed by atoms with Crippen molar-refractivity contribution in [3.8, 4) is 5.75 Å². The number of ether oxygens (including phenoxy) is 2. The highest BCUT2D eigenvalue weighted by molar-refractivity contribution is 5.89. The van der Waals surface area contributed by atoms with E-state index in [1.54, 1.807) is 36.4 Å². The van der Waals surface area contributed by atoms with Crippen LogP contribution in [-0.2, 0) is 16.1 Å². The van der Waals surface area contributed by atoms with Crippen LogP contribution in [0, 0.1) is 6.92 Å². The summed E-state index contributed by atoms with van der Waals surface area (Å²) < 4.78 is 10.4. The number of rotatable bonds is 4. The number of hydrogen-bond donors (Lipinski definition) is 0. The van der Waals surface area contributed by atoms with Gasteiger partial charge in [0.05, 0.1) is 5.56 Å². The van der Waals surface area contributed by atoms with Crippen molar-refractivity contribution in [2.75, 3.05) is 0 Å². The van der Waals surface area contributed by atoms with Gasteiger partial charge in [0.15, 0.2) is 0 Å². The van der Waals surface area contributed by atoms with Crippen molar-refractivity contribution in [1.82, 2.24) is 0 Å². The molecule has 2 aromatic carbocycles. The lowest BCUT2D eigenvalue weighted by Crippen LogP contribution is -2.08. The summed E-state index contributed by atoms with van der Waals surface area (Å²) in [5.41, 5.74) is 2.10. The van der Waals surface area contributed by atoms with Gasteiger partial charge < -0.3 is 9.47 Å². The molecule has 0 aliphatic heterocycles. The second-order valence-corrected chi connectivity index (χ2v) is 4.65. The molecule has 21 heavy (non-hydrogen) atoms. The van der Waals surface area contributed by atoms with Crippen molar-refractivity contribution in [3.63, 3.8) is 0 Å². The standard InChI is InChI=1S/C17H16O4/c1-12-8-9-15(16(10-12)21-13(2)18)11-20-17(19)14-6-4-3-5-7-14/h3-10H,11H2,1-2H3. The van der Waals surface area contributed by atoms with Crippen LogP contribution >= 0.6 is 0 Å². The summed E-state index contributed by atoms with van der Waals surface area (Å²) in [6, 6.07) is 14.1. The molecule has 4 heteroatoms. The van der Waals surface area contributed by atoms with Gasteiger partial charge in [-0.1, -0.05) is 30.3 Å². The molecule has 2 aromatic rings. The van der Waals surface area contributed by atoms with Crippen LogP contribution in [0.25, 0.3) is 0 Å². The molecule has 0 amide bonds. The molecule has 0 atom stereocenters. The largest absolute Gasteiger partial charge is 0.457 e. The lowest BCUT2D eigenvalue weighted by atomic mass is 10.1. The summed E-state index contributed by atoms with van der Waals surface area (Å²) in [6.45, 7) is 3.28. The Hall–Kier alpha value is -2.62. The number of carbonyl (C=O) groups excluding carboxylic acids is 2. The van der Waals surface area contributed by atoms with Crippen LogP contribution in [0.1, 0.15) is 28.4 Å². The van der Waals surface area contributed by atoms with Gasteiger partial charge in [-0.15, -0.1) is 0 Å². The number of esters is 2. The minimum Gasteiger partial charge on any atom is -0.457 e. The topological polar surface area (TPSA) is 52.6 Å². The van der Waals surface area contributed by atoms with Crippen LogP contribution in [0.3, 0.4) is 0 Å². The van der Waals surface area contributed by atoms with Crippen molar-refractivity contribution >= 4 is 11.9 Å². The molecule has 0 saturated carbocycles. The molecule has 0 aromatic heterocycles. The molecule has 0 saturated heterocycles. The minimum absolute atomic E-state index is 0.0522. The lowest BCUT2D eigenvalue weighted by Gasteiger charge is -2.10. The van der Waals surface area contributed by atoms with Crippen LogP contribution in [0.5, 0.6) is 5.75 Å². The van der Waals surface area contributed by atoms with Crippen molar-refractivity contribution in [2.45, 2.75) is 20.5 Å². The fourth-order valence-corrected chi connectivity index (χ4v) is 1.83. The number of hydrogen-bond acceptors (Lipinski definition) is 4. The predicted octanol–water partition coefficient (Wildman–Crippen LogP) is 3.28. The van der Waals surface area contributed by atoms with E-state index in [4.69, 9.17) is 9.47 Å². The summed E-state index contributed by atoms with van der Waals surface area (Å²) in [5, 5.41) is 0. The van der Waals surface area contributed by atoms with Crippen molar-refractivity contribution < 1.29 is 19.1 Å². The van der Waals surface area contributed by atoms with E-state index in [1.165, 1.54) is 6.92 Å². The molecule has 4 nitrogen and oxygen atoms in total. The average Bonchev–Trinajstić information content (AvgIpc) is 2.46. The summed E-state index contributed by atoms with van der Waals surface area (Å²) in [6.07, 6.45) is 0. The Balaban J connectivity index is 2.09. The van der Waals surface area contributed by atoms with E-state index < -0.39 is 11.9 Å². The molecule has 0 unspecified atom stereocenters. The minimum atomic E-state index is -0.412. The van der Waals surface area contributed by atoms with E-state index in [-0.39, 0.29) is 6.61 Å². The molecule has 2 rings (SSSR count). The third kappa shape index (κ3) is 4.18. The van der Waals surface area contributed by atoms with Gasteiger partial charge in [-0.2, -0.15) is 0 Å². The van der Waals surface area contributed by atoms with Gasteiger partial charge in [-0.25, -0.2) is 4.79 Å². The van der Waals surface area contributed by atoms with E-state index in [1.807, 2.05) is 19.1 Å². The second kappa shape index (κ2) is 6.70. The molecule has 0 spiro atoms. The van der Waals surface area contributed by atoms with Crippen molar-refractivity contribution in [2.24, 2.45) is 0 Å². The van der Waals surface area contributed by atoms with E-state index >= 15 is 0 Å². The lowest BCUT2D eigenvalue weighted by molar-refractivity contribution is -0.131. The summed E-state index contributed by atoms with van der Waals surface area (Å²) >= 11 is 0. The van der Waals surface area contributed by atoms with Crippen LogP contribution in [0.2, 0.25) is 0 Å². The maximum Gasteiger partial charge on any atom is 0.338 e. The zero-order chi connectivity index (χ0) is 15.2. The SMILES string of the molecule is CC(=O)Oc1cc(C)ccc1COC(=O)c1ccccc1. The molecule has 108 valence electrons. The van der Waals surface area contributed by atoms with E-state index in [2.05, 4.69) is 0 Å². The van der Waals surface area contributed by atoms with Gasteiger partial charge in [0.25, 0.3) is 0 Å². The molecule has 0 aliphatic carbocycles. The fraction of sp³-hybridized carbons (Fsp3) is 0.176. The van der Waals surface area contributed by atoms with Gasteiger partial charge in [-0.05, 0) is 30.7 Å². The second-order valence-electron chi connectivity index (χ2n) is 4.65. The fourth-order valence-electron chi connectivity index (χ4n) is 1.83. The Morgan fingerprint density at radius 3 is 2.43 bits per heavy atom. The van der Waals surface area contributed by atoms with Gasteiger partial charge in [0.2, 0.25) is 0 Å². The average molecular weight is 284 g/mol. The maximum absolute atomic E-state index is 11.9. The molecular formula is C17H16O4. The van der Waals surface area contributed by atoms with E-state index in [0.717, 1.165) is 5.56 Å².